The van der Waals surface area contributed by atoms with Crippen LogP contribution in [0, 0.1) is 0 Å². The minimum absolute atomic E-state index is 0.179. The molecule has 2 aromatic rings. The lowest BCUT2D eigenvalue weighted by Crippen LogP contribution is -2.07. The number of aromatic nitrogens is 1. The lowest BCUT2D eigenvalue weighted by Gasteiger charge is -2.12. The Morgan fingerprint density at radius 3 is 2.61 bits per heavy atom. The highest BCUT2D eigenvalue weighted by Crippen LogP contribution is 2.28. The van der Waals surface area contributed by atoms with Gasteiger partial charge in [0.1, 0.15) is 17.2 Å². The van der Waals surface area contributed by atoms with E-state index in [9.17, 15) is 4.79 Å². The highest BCUT2D eigenvalue weighted by molar-refractivity contribution is 5.86. The Hall–Kier alpha value is -2.43. The van der Waals surface area contributed by atoms with Crippen molar-refractivity contribution in [2.45, 2.75) is 0 Å². The van der Waals surface area contributed by atoms with Crippen molar-refractivity contribution >= 4 is 5.97 Å². The van der Waals surface area contributed by atoms with Crippen LogP contribution in [0.3, 0.4) is 0 Å². The number of hydrogen-bond donors (Lipinski definition) is 1. The summed E-state index contributed by atoms with van der Waals surface area (Å²) < 4.78 is 11.9. The molecule has 1 aromatic heterocycles. The van der Waals surface area contributed by atoms with E-state index in [0.29, 0.717) is 17.2 Å². The van der Waals surface area contributed by atoms with Crippen LogP contribution in [-0.2, 0) is 0 Å². The normalized spacial score (nSPS) is 10.1. The second-order valence-corrected chi connectivity index (χ2v) is 3.61. The van der Waals surface area contributed by atoms with Gasteiger partial charge in [-0.05, 0) is 24.3 Å². The van der Waals surface area contributed by atoms with Crippen LogP contribution in [0.4, 0.5) is 0 Å². The second kappa shape index (κ2) is 4.83. The molecule has 2 rings (SSSR count). The Morgan fingerprint density at radius 2 is 2.00 bits per heavy atom. The number of ether oxygens (including phenoxy) is 2. The van der Waals surface area contributed by atoms with Gasteiger partial charge in [-0.2, -0.15) is 0 Å². The Bertz CT molecular complexity index is 574. The van der Waals surface area contributed by atoms with Crippen LogP contribution < -0.4 is 9.47 Å². The van der Waals surface area contributed by atoms with E-state index in [1.165, 1.54) is 13.2 Å². The van der Waals surface area contributed by atoms with Crippen LogP contribution >= 0.6 is 0 Å². The molecule has 0 radical (unpaired) electrons. The van der Waals surface area contributed by atoms with E-state index in [1.807, 2.05) is 0 Å². The smallest absolute Gasteiger partial charge is 0.352 e. The molecule has 0 saturated carbocycles. The molecule has 0 bridgehead atoms. The molecule has 1 N–H and O–H groups in total. The van der Waals surface area contributed by atoms with E-state index < -0.39 is 5.97 Å². The molecule has 1 aromatic carbocycles. The van der Waals surface area contributed by atoms with Crippen molar-refractivity contribution in [2.24, 2.45) is 0 Å². The van der Waals surface area contributed by atoms with Crippen molar-refractivity contribution in [1.82, 2.24) is 4.57 Å². The maximum atomic E-state index is 11.1. The summed E-state index contributed by atoms with van der Waals surface area (Å²) in [5, 5.41) is 9.09. The second-order valence-electron chi connectivity index (χ2n) is 3.61. The van der Waals surface area contributed by atoms with Gasteiger partial charge in [-0.1, -0.05) is 0 Å². The molecule has 0 amide bonds. The third-order valence-corrected chi connectivity index (χ3v) is 2.61. The minimum atomic E-state index is -0.988. The Labute approximate surface area is 104 Å². The first-order valence-corrected chi connectivity index (χ1v) is 5.30. The lowest BCUT2D eigenvalue weighted by atomic mass is 10.2. The Kier molecular flexibility index (Phi) is 3.23. The van der Waals surface area contributed by atoms with Crippen molar-refractivity contribution in [1.29, 1.82) is 0 Å². The van der Waals surface area contributed by atoms with Crippen molar-refractivity contribution in [2.75, 3.05) is 14.2 Å². The molecule has 0 atom stereocenters. The molecule has 5 heteroatoms. The van der Waals surface area contributed by atoms with Crippen LogP contribution in [0.15, 0.2) is 36.5 Å². The van der Waals surface area contributed by atoms with Gasteiger partial charge in [-0.15, -0.1) is 0 Å². The SMILES string of the molecule is COc1ccc(-n2cccc2C(=O)O)c(OC)c1. The van der Waals surface area contributed by atoms with Gasteiger partial charge in [0.05, 0.1) is 19.9 Å². The fraction of sp³-hybridized carbons (Fsp3) is 0.154. The molecule has 18 heavy (non-hydrogen) atoms. The molecule has 0 aliphatic rings. The highest BCUT2D eigenvalue weighted by Gasteiger charge is 2.14. The van der Waals surface area contributed by atoms with Gasteiger partial charge in [-0.3, -0.25) is 0 Å². The number of carbonyl (C=O) groups is 1. The minimum Gasteiger partial charge on any atom is -0.497 e. The average molecular weight is 247 g/mol. The van der Waals surface area contributed by atoms with Crippen molar-refractivity contribution in [3.63, 3.8) is 0 Å². The summed E-state index contributed by atoms with van der Waals surface area (Å²) in [6, 6.07) is 8.42. The molecular weight excluding hydrogens is 234 g/mol. The Balaban J connectivity index is 2.56. The summed E-state index contributed by atoms with van der Waals surface area (Å²) in [6.07, 6.45) is 1.67. The number of carboxylic acids is 1. The van der Waals surface area contributed by atoms with Gasteiger partial charge < -0.3 is 19.1 Å². The van der Waals surface area contributed by atoms with Gasteiger partial charge in [0.25, 0.3) is 0 Å². The first-order valence-electron chi connectivity index (χ1n) is 5.30. The topological polar surface area (TPSA) is 60.7 Å². The average Bonchev–Trinajstić information content (AvgIpc) is 2.87. The number of carboxylic acid groups (broad SMARTS) is 1. The van der Waals surface area contributed by atoms with Crippen LogP contribution in [0.2, 0.25) is 0 Å². The number of benzene rings is 1. The number of nitrogens with zero attached hydrogens (tertiary/aromatic N) is 1. The zero-order valence-corrected chi connectivity index (χ0v) is 10.1. The molecule has 94 valence electrons. The van der Waals surface area contributed by atoms with Gasteiger partial charge in [0.15, 0.2) is 0 Å². The van der Waals surface area contributed by atoms with E-state index >= 15 is 0 Å². The predicted octanol–water partition coefficient (Wildman–Crippen LogP) is 2.19. The van der Waals surface area contributed by atoms with Crippen LogP contribution in [0.25, 0.3) is 5.69 Å². The molecule has 5 nitrogen and oxygen atoms in total. The largest absolute Gasteiger partial charge is 0.497 e. The quantitative estimate of drug-likeness (QED) is 0.899. The van der Waals surface area contributed by atoms with E-state index in [2.05, 4.69) is 0 Å². The van der Waals surface area contributed by atoms with Crippen LogP contribution in [-0.4, -0.2) is 29.9 Å². The predicted molar refractivity (Wildman–Crippen MR) is 65.8 cm³/mol. The van der Waals surface area contributed by atoms with Crippen molar-refractivity contribution in [3.05, 3.63) is 42.2 Å². The molecule has 0 aliphatic carbocycles. The van der Waals surface area contributed by atoms with Gasteiger partial charge in [0.2, 0.25) is 0 Å². The molecule has 0 saturated heterocycles. The molecule has 0 aliphatic heterocycles. The van der Waals surface area contributed by atoms with Gasteiger partial charge >= 0.3 is 5.97 Å². The summed E-state index contributed by atoms with van der Waals surface area (Å²) >= 11 is 0. The van der Waals surface area contributed by atoms with Crippen molar-refractivity contribution in [3.8, 4) is 17.2 Å². The molecule has 1 heterocycles. The third kappa shape index (κ3) is 2.02. The zero-order chi connectivity index (χ0) is 13.1. The summed E-state index contributed by atoms with van der Waals surface area (Å²) in [6.45, 7) is 0. The highest BCUT2D eigenvalue weighted by atomic mass is 16.5. The summed E-state index contributed by atoms with van der Waals surface area (Å²) in [5.74, 6) is 0.213. The van der Waals surface area contributed by atoms with Gasteiger partial charge in [0, 0.05) is 12.3 Å². The van der Waals surface area contributed by atoms with E-state index in [0.717, 1.165) is 0 Å². The zero-order valence-electron chi connectivity index (χ0n) is 10.1. The lowest BCUT2D eigenvalue weighted by molar-refractivity contribution is 0.0688. The number of aromatic carboxylic acids is 1. The third-order valence-electron chi connectivity index (χ3n) is 2.61. The number of rotatable bonds is 4. The van der Waals surface area contributed by atoms with Gasteiger partial charge in [-0.25, -0.2) is 4.79 Å². The van der Waals surface area contributed by atoms with Crippen LogP contribution in [0.5, 0.6) is 11.5 Å². The van der Waals surface area contributed by atoms with Crippen molar-refractivity contribution < 1.29 is 19.4 Å². The van der Waals surface area contributed by atoms with E-state index in [1.54, 1.807) is 42.1 Å². The fourth-order valence-electron chi connectivity index (χ4n) is 1.75. The molecule has 0 unspecified atom stereocenters. The van der Waals surface area contributed by atoms with Crippen LogP contribution in [0.1, 0.15) is 10.5 Å². The molecular formula is C13H13NO4. The standard InChI is InChI=1S/C13H13NO4/c1-17-9-5-6-10(12(8-9)18-2)14-7-3-4-11(14)13(15)16/h3-8H,1-2H3,(H,15,16). The maximum Gasteiger partial charge on any atom is 0.352 e. The fourth-order valence-corrected chi connectivity index (χ4v) is 1.75. The first kappa shape index (κ1) is 12.0. The molecule has 0 spiro atoms. The Morgan fingerprint density at radius 1 is 1.22 bits per heavy atom. The summed E-state index contributed by atoms with van der Waals surface area (Å²) in [7, 11) is 3.09. The maximum absolute atomic E-state index is 11.1. The summed E-state index contributed by atoms with van der Waals surface area (Å²) in [5.41, 5.74) is 0.833. The number of methoxy groups -OCH3 is 2. The monoisotopic (exact) mass is 247 g/mol. The number of hydrogen-bond acceptors (Lipinski definition) is 3. The first-order chi connectivity index (χ1) is 8.67. The molecule has 0 fully saturated rings. The summed E-state index contributed by atoms with van der Waals surface area (Å²) in [4.78, 5) is 11.1. The van der Waals surface area contributed by atoms with E-state index in [-0.39, 0.29) is 5.69 Å². The van der Waals surface area contributed by atoms with E-state index in [4.69, 9.17) is 14.6 Å².